The molecule has 128 valence electrons. The summed E-state index contributed by atoms with van der Waals surface area (Å²) in [6.45, 7) is 0. The molecular weight excluding hydrogens is 342 g/mol. The van der Waals surface area contributed by atoms with Gasteiger partial charge in [-0.05, 0) is 48.5 Å². The zero-order chi connectivity index (χ0) is 18.0. The fourth-order valence-corrected chi connectivity index (χ4v) is 2.62. The minimum atomic E-state index is -0.464. The van der Waals surface area contributed by atoms with Crippen LogP contribution in [0.15, 0.2) is 48.5 Å². The second-order valence-electron chi connectivity index (χ2n) is 5.44. The van der Waals surface area contributed by atoms with Crippen molar-refractivity contribution in [2.75, 3.05) is 24.4 Å². The van der Waals surface area contributed by atoms with E-state index in [-0.39, 0.29) is 5.91 Å². The number of carbonyl (C=O) groups excluding carboxylic acids is 2. The van der Waals surface area contributed by atoms with Crippen LogP contribution in [-0.2, 0) is 4.74 Å². The largest absolute Gasteiger partial charge is 0.452 e. The number of nitrogens with zero attached hydrogens (tertiary/aromatic N) is 1. The molecule has 3 rings (SSSR count). The highest BCUT2D eigenvalue weighted by Crippen LogP contribution is 2.22. The lowest BCUT2D eigenvalue weighted by atomic mass is 10.2. The molecule has 1 heterocycles. The molecule has 0 saturated carbocycles. The lowest BCUT2D eigenvalue weighted by Gasteiger charge is -2.15. The van der Waals surface area contributed by atoms with Crippen molar-refractivity contribution in [2.45, 2.75) is 0 Å². The standard InChI is InChI=1S/C18H16ClN3O3/c1-22(18(24)25-2)14-6-4-13(5-7-14)20-17(23)16-10-11-9-12(19)3-8-15(11)21-16/h3-10,21H,1-2H3,(H,20,23). The first kappa shape index (κ1) is 16.9. The van der Waals surface area contributed by atoms with E-state index in [1.807, 2.05) is 6.07 Å². The number of fused-ring (bicyclic) bond motifs is 1. The number of amides is 2. The maximum absolute atomic E-state index is 12.4. The van der Waals surface area contributed by atoms with E-state index >= 15 is 0 Å². The fraction of sp³-hybridized carbons (Fsp3) is 0.111. The predicted octanol–water partition coefficient (Wildman–Crippen LogP) is 4.28. The molecule has 0 aliphatic rings. The number of nitrogens with one attached hydrogen (secondary N) is 2. The molecule has 7 heteroatoms. The second kappa shape index (κ2) is 6.86. The molecule has 0 unspecified atom stereocenters. The van der Waals surface area contributed by atoms with Gasteiger partial charge in [0.1, 0.15) is 5.69 Å². The number of aromatic amines is 1. The molecule has 2 aromatic carbocycles. The normalized spacial score (nSPS) is 10.5. The molecule has 3 aromatic rings. The van der Waals surface area contributed by atoms with Gasteiger partial charge in [-0.1, -0.05) is 11.6 Å². The van der Waals surface area contributed by atoms with Gasteiger partial charge in [0, 0.05) is 34.3 Å². The summed E-state index contributed by atoms with van der Waals surface area (Å²) >= 11 is 5.96. The smallest absolute Gasteiger partial charge is 0.413 e. The first-order valence-electron chi connectivity index (χ1n) is 7.49. The van der Waals surface area contributed by atoms with Crippen molar-refractivity contribution >= 4 is 45.9 Å². The maximum atomic E-state index is 12.4. The Hall–Kier alpha value is -2.99. The van der Waals surface area contributed by atoms with Crippen molar-refractivity contribution < 1.29 is 14.3 Å². The molecule has 2 amide bonds. The highest BCUT2D eigenvalue weighted by Gasteiger charge is 2.12. The van der Waals surface area contributed by atoms with Crippen molar-refractivity contribution in [2.24, 2.45) is 0 Å². The minimum absolute atomic E-state index is 0.263. The number of hydrogen-bond acceptors (Lipinski definition) is 3. The van der Waals surface area contributed by atoms with Gasteiger partial charge in [-0.25, -0.2) is 4.79 Å². The van der Waals surface area contributed by atoms with Crippen LogP contribution in [0, 0.1) is 0 Å². The molecule has 6 nitrogen and oxygen atoms in total. The van der Waals surface area contributed by atoms with E-state index in [0.29, 0.717) is 22.1 Å². The van der Waals surface area contributed by atoms with Crippen molar-refractivity contribution in [3.63, 3.8) is 0 Å². The Labute approximate surface area is 149 Å². The van der Waals surface area contributed by atoms with Crippen LogP contribution in [0.1, 0.15) is 10.5 Å². The van der Waals surface area contributed by atoms with Crippen LogP contribution in [0.2, 0.25) is 5.02 Å². The average molecular weight is 358 g/mol. The van der Waals surface area contributed by atoms with E-state index in [2.05, 4.69) is 15.0 Å². The molecule has 2 N–H and O–H groups in total. The number of aromatic nitrogens is 1. The van der Waals surface area contributed by atoms with Crippen LogP contribution in [-0.4, -0.2) is 31.1 Å². The van der Waals surface area contributed by atoms with Gasteiger partial charge in [0.15, 0.2) is 0 Å². The van der Waals surface area contributed by atoms with Crippen LogP contribution >= 0.6 is 11.6 Å². The van der Waals surface area contributed by atoms with Gasteiger partial charge in [0.25, 0.3) is 5.91 Å². The van der Waals surface area contributed by atoms with Gasteiger partial charge >= 0.3 is 6.09 Å². The zero-order valence-electron chi connectivity index (χ0n) is 13.7. The van der Waals surface area contributed by atoms with Crippen molar-refractivity contribution in [1.29, 1.82) is 0 Å². The number of carbonyl (C=O) groups is 2. The highest BCUT2D eigenvalue weighted by molar-refractivity contribution is 6.31. The van der Waals surface area contributed by atoms with Gasteiger partial charge in [-0.15, -0.1) is 0 Å². The number of halogens is 1. The van der Waals surface area contributed by atoms with E-state index in [4.69, 9.17) is 11.6 Å². The molecule has 0 radical (unpaired) electrons. The molecule has 0 spiro atoms. The molecule has 0 fully saturated rings. The third-order valence-corrected chi connectivity index (χ3v) is 4.02. The van der Waals surface area contributed by atoms with Gasteiger partial charge < -0.3 is 15.0 Å². The number of methoxy groups -OCH3 is 1. The van der Waals surface area contributed by atoms with Gasteiger partial charge in [0.2, 0.25) is 0 Å². The summed E-state index contributed by atoms with van der Waals surface area (Å²) in [6.07, 6.45) is -0.464. The third kappa shape index (κ3) is 3.59. The third-order valence-electron chi connectivity index (χ3n) is 3.79. The molecule has 25 heavy (non-hydrogen) atoms. The van der Waals surface area contributed by atoms with Gasteiger partial charge in [-0.2, -0.15) is 0 Å². The summed E-state index contributed by atoms with van der Waals surface area (Å²) in [6, 6.07) is 14.0. The van der Waals surface area contributed by atoms with Crippen molar-refractivity contribution in [3.05, 3.63) is 59.2 Å². The number of rotatable bonds is 3. The summed E-state index contributed by atoms with van der Waals surface area (Å²) < 4.78 is 4.66. The monoisotopic (exact) mass is 357 g/mol. The molecule has 0 atom stereocenters. The Morgan fingerprint density at radius 3 is 2.52 bits per heavy atom. The predicted molar refractivity (Wildman–Crippen MR) is 98.5 cm³/mol. The molecule has 0 aliphatic heterocycles. The summed E-state index contributed by atoms with van der Waals surface area (Å²) in [7, 11) is 2.93. The summed E-state index contributed by atoms with van der Waals surface area (Å²) in [5, 5.41) is 4.29. The van der Waals surface area contributed by atoms with Crippen LogP contribution in [0.3, 0.4) is 0 Å². The van der Waals surface area contributed by atoms with Gasteiger partial charge in [0.05, 0.1) is 7.11 Å². The van der Waals surface area contributed by atoms with E-state index in [0.717, 1.165) is 10.9 Å². The Balaban J connectivity index is 1.74. The summed E-state index contributed by atoms with van der Waals surface area (Å²) in [5.41, 5.74) is 2.55. The second-order valence-corrected chi connectivity index (χ2v) is 5.88. The van der Waals surface area contributed by atoms with Crippen LogP contribution < -0.4 is 10.2 Å². The number of anilines is 2. The first-order valence-corrected chi connectivity index (χ1v) is 7.87. The van der Waals surface area contributed by atoms with E-state index in [1.165, 1.54) is 12.0 Å². The Kier molecular flexibility index (Phi) is 4.63. The summed E-state index contributed by atoms with van der Waals surface area (Å²) in [4.78, 5) is 28.3. The number of hydrogen-bond donors (Lipinski definition) is 2. The topological polar surface area (TPSA) is 74.4 Å². The Bertz CT molecular complexity index is 934. The van der Waals surface area contributed by atoms with E-state index < -0.39 is 6.09 Å². The Morgan fingerprint density at radius 1 is 1.12 bits per heavy atom. The fourth-order valence-electron chi connectivity index (χ4n) is 2.43. The molecular formula is C18H16ClN3O3. The molecule has 0 aliphatic carbocycles. The molecule has 0 bridgehead atoms. The SMILES string of the molecule is COC(=O)N(C)c1ccc(NC(=O)c2cc3cc(Cl)ccc3[nH]2)cc1. The van der Waals surface area contributed by atoms with Gasteiger partial charge in [-0.3, -0.25) is 9.69 Å². The van der Waals surface area contributed by atoms with Crippen molar-refractivity contribution in [1.82, 2.24) is 4.98 Å². The number of benzene rings is 2. The maximum Gasteiger partial charge on any atom is 0.413 e. The van der Waals surface area contributed by atoms with Crippen LogP contribution in [0.4, 0.5) is 16.2 Å². The minimum Gasteiger partial charge on any atom is -0.452 e. The lowest BCUT2D eigenvalue weighted by molar-refractivity contribution is 0.102. The van der Waals surface area contributed by atoms with E-state index in [1.54, 1.807) is 49.5 Å². The number of H-pyrrole nitrogens is 1. The Morgan fingerprint density at radius 2 is 1.84 bits per heavy atom. The van der Waals surface area contributed by atoms with Crippen LogP contribution in [0.25, 0.3) is 10.9 Å². The zero-order valence-corrected chi connectivity index (χ0v) is 14.4. The van der Waals surface area contributed by atoms with Crippen LogP contribution in [0.5, 0.6) is 0 Å². The highest BCUT2D eigenvalue weighted by atomic mass is 35.5. The molecule has 0 saturated heterocycles. The van der Waals surface area contributed by atoms with Crippen molar-refractivity contribution in [3.8, 4) is 0 Å². The average Bonchev–Trinajstić information content (AvgIpc) is 3.04. The summed E-state index contributed by atoms with van der Waals surface area (Å²) in [5.74, 6) is -0.263. The van der Waals surface area contributed by atoms with E-state index in [9.17, 15) is 9.59 Å². The first-order chi connectivity index (χ1) is 12.0. The molecule has 1 aromatic heterocycles. The lowest BCUT2D eigenvalue weighted by Crippen LogP contribution is -2.25. The quantitative estimate of drug-likeness (QED) is 0.734. The number of ether oxygens (including phenoxy) is 1.